The number of benzene rings is 1. The van der Waals surface area contributed by atoms with Crippen LogP contribution in [0.4, 0.5) is 5.69 Å². The quantitative estimate of drug-likeness (QED) is 0.356. The molecule has 90 valence electrons. The Morgan fingerprint density at radius 3 is 2.75 bits per heavy atom. The van der Waals surface area contributed by atoms with Gasteiger partial charge in [0, 0.05) is 22.8 Å². The third-order valence-electron chi connectivity index (χ3n) is 2.12. The van der Waals surface area contributed by atoms with Gasteiger partial charge in [0.2, 0.25) is 0 Å². The van der Waals surface area contributed by atoms with E-state index in [4.69, 9.17) is 0 Å². The molecular formula is C10H18BrN4S+. The van der Waals surface area contributed by atoms with Crippen LogP contribution in [0.2, 0.25) is 0 Å². The van der Waals surface area contributed by atoms with Crippen LogP contribution in [-0.4, -0.2) is 20.4 Å². The predicted octanol–water partition coefficient (Wildman–Crippen LogP) is 0.784. The maximum absolute atomic E-state index is 3.53. The molecule has 4 N–H and O–H groups in total. The molecule has 0 amide bonds. The van der Waals surface area contributed by atoms with Gasteiger partial charge in [-0.05, 0) is 18.4 Å². The minimum absolute atomic E-state index is 0.846. The first-order chi connectivity index (χ1) is 7.72. The van der Waals surface area contributed by atoms with E-state index < -0.39 is 0 Å². The largest absolute Gasteiger partial charge is 0.218 e. The Hall–Kier alpha value is -0.270. The van der Waals surface area contributed by atoms with E-state index in [1.54, 1.807) is 11.8 Å². The van der Waals surface area contributed by atoms with E-state index >= 15 is 0 Å². The molecule has 16 heavy (non-hydrogen) atoms. The minimum atomic E-state index is 0.846. The summed E-state index contributed by atoms with van der Waals surface area (Å²) in [5.41, 5.74) is 11.7. The van der Waals surface area contributed by atoms with Crippen molar-refractivity contribution in [1.82, 2.24) is 11.0 Å². The van der Waals surface area contributed by atoms with Crippen LogP contribution in [0.5, 0.6) is 0 Å². The van der Waals surface area contributed by atoms with Crippen LogP contribution in [0.25, 0.3) is 0 Å². The molecule has 0 aromatic heterocycles. The molecular weight excluding hydrogens is 288 g/mol. The minimum Gasteiger partial charge on any atom is -0.218 e. The number of rotatable bonds is 6. The van der Waals surface area contributed by atoms with Crippen LogP contribution in [0.1, 0.15) is 5.56 Å². The fourth-order valence-electron chi connectivity index (χ4n) is 1.43. The molecule has 1 aromatic rings. The maximum Gasteiger partial charge on any atom is 0.109 e. The lowest BCUT2D eigenvalue weighted by Crippen LogP contribution is -3.20. The highest BCUT2D eigenvalue weighted by Gasteiger charge is 2.09. The van der Waals surface area contributed by atoms with Crippen molar-refractivity contribution in [3.63, 3.8) is 0 Å². The van der Waals surface area contributed by atoms with Crippen LogP contribution < -0.4 is 21.5 Å². The zero-order valence-corrected chi connectivity index (χ0v) is 12.1. The van der Waals surface area contributed by atoms with E-state index in [0.717, 1.165) is 16.1 Å². The first-order valence-electron chi connectivity index (χ1n) is 4.98. The Morgan fingerprint density at radius 2 is 2.19 bits per heavy atom. The second-order valence-corrected chi connectivity index (χ2v) is 4.65. The Kier molecular flexibility index (Phi) is 6.15. The van der Waals surface area contributed by atoms with Gasteiger partial charge in [-0.1, -0.05) is 27.5 Å². The lowest BCUT2D eigenvalue weighted by Gasteiger charge is -2.18. The molecule has 0 spiro atoms. The Bertz CT molecular complexity index is 335. The van der Waals surface area contributed by atoms with E-state index in [1.807, 2.05) is 14.1 Å². The molecule has 1 atom stereocenters. The molecule has 0 bridgehead atoms. The van der Waals surface area contributed by atoms with Gasteiger partial charge in [0.05, 0.1) is 5.69 Å². The average Bonchev–Trinajstić information content (AvgIpc) is 2.29. The summed E-state index contributed by atoms with van der Waals surface area (Å²) in [6, 6.07) is 6.28. The van der Waals surface area contributed by atoms with Crippen molar-refractivity contribution in [3.05, 3.63) is 23.8 Å². The van der Waals surface area contributed by atoms with Crippen LogP contribution in [0, 0.1) is 0 Å². The number of hydrogen-bond donors (Lipinski definition) is 4. The monoisotopic (exact) mass is 305 g/mol. The van der Waals surface area contributed by atoms with Gasteiger partial charge in [0.25, 0.3) is 0 Å². The molecule has 6 heteroatoms. The second kappa shape index (κ2) is 7.13. The van der Waals surface area contributed by atoms with Gasteiger partial charge in [-0.2, -0.15) is 0 Å². The predicted molar refractivity (Wildman–Crippen MR) is 73.6 cm³/mol. The Balaban J connectivity index is 2.86. The fourth-order valence-corrected chi connectivity index (χ4v) is 2.87. The topological polar surface area (TPSA) is 40.5 Å². The second-order valence-electron chi connectivity index (χ2n) is 3.25. The number of anilines is 1. The van der Waals surface area contributed by atoms with Gasteiger partial charge in [-0.15, -0.1) is 16.9 Å². The number of nitrogens with one attached hydrogen (secondary N) is 4. The highest BCUT2D eigenvalue weighted by atomic mass is 79.9. The number of halogens is 1. The normalized spacial score (nSPS) is 12.5. The zero-order valence-electron chi connectivity index (χ0n) is 9.73. The third-order valence-corrected chi connectivity index (χ3v) is 3.50. The molecule has 0 fully saturated rings. The zero-order chi connectivity index (χ0) is 12.0. The first kappa shape index (κ1) is 13.8. The van der Waals surface area contributed by atoms with Gasteiger partial charge in [-0.3, -0.25) is 0 Å². The SMILES string of the molecule is CNN[NH+](C)Nc1cccc(SC)c1CBr. The Labute approximate surface area is 109 Å². The molecule has 0 aliphatic heterocycles. The molecule has 0 radical (unpaired) electrons. The van der Waals surface area contributed by atoms with Crippen molar-refractivity contribution in [2.45, 2.75) is 10.2 Å². The highest BCUT2D eigenvalue weighted by Crippen LogP contribution is 2.28. The van der Waals surface area contributed by atoms with Crippen molar-refractivity contribution in [2.24, 2.45) is 0 Å². The highest BCUT2D eigenvalue weighted by molar-refractivity contribution is 9.08. The number of thioether (sulfide) groups is 1. The number of alkyl halides is 1. The summed E-state index contributed by atoms with van der Waals surface area (Å²) in [6.07, 6.45) is 2.09. The number of hydrogen-bond acceptors (Lipinski definition) is 4. The van der Waals surface area contributed by atoms with Gasteiger partial charge in [0.15, 0.2) is 0 Å². The van der Waals surface area contributed by atoms with Crippen molar-refractivity contribution >= 4 is 33.4 Å². The molecule has 0 aliphatic rings. The fraction of sp³-hybridized carbons (Fsp3) is 0.400. The molecule has 1 unspecified atom stereocenters. The maximum atomic E-state index is 3.53. The van der Waals surface area contributed by atoms with Crippen LogP contribution in [-0.2, 0) is 5.33 Å². The number of hydrazine groups is 1. The van der Waals surface area contributed by atoms with Crippen molar-refractivity contribution in [3.8, 4) is 0 Å². The van der Waals surface area contributed by atoms with Crippen molar-refractivity contribution in [2.75, 3.05) is 25.8 Å². The van der Waals surface area contributed by atoms with Crippen LogP contribution in [0.3, 0.4) is 0 Å². The van der Waals surface area contributed by atoms with Gasteiger partial charge in [-0.25, -0.2) is 10.9 Å². The van der Waals surface area contributed by atoms with E-state index in [1.165, 1.54) is 10.5 Å². The molecule has 4 nitrogen and oxygen atoms in total. The summed E-state index contributed by atoms with van der Waals surface area (Å²) in [4.78, 5) is 1.29. The van der Waals surface area contributed by atoms with E-state index in [-0.39, 0.29) is 0 Å². The summed E-state index contributed by atoms with van der Waals surface area (Å²) in [6.45, 7) is 0. The summed E-state index contributed by atoms with van der Waals surface area (Å²) in [5.74, 6) is 0. The first-order valence-corrected chi connectivity index (χ1v) is 7.32. The van der Waals surface area contributed by atoms with Crippen LogP contribution >= 0.6 is 27.7 Å². The lowest BCUT2D eigenvalue weighted by molar-refractivity contribution is -0.910. The molecule has 1 rings (SSSR count). The van der Waals surface area contributed by atoms with E-state index in [9.17, 15) is 0 Å². The third kappa shape index (κ3) is 3.64. The summed E-state index contributed by atoms with van der Waals surface area (Å²) in [7, 11) is 3.83. The van der Waals surface area contributed by atoms with E-state index in [2.05, 4.69) is 56.8 Å². The van der Waals surface area contributed by atoms with Gasteiger partial charge < -0.3 is 0 Å². The van der Waals surface area contributed by atoms with E-state index in [0.29, 0.717) is 0 Å². The van der Waals surface area contributed by atoms with Crippen molar-refractivity contribution in [1.29, 1.82) is 0 Å². The smallest absolute Gasteiger partial charge is 0.109 e. The molecule has 1 aromatic carbocycles. The molecule has 0 heterocycles. The van der Waals surface area contributed by atoms with Crippen molar-refractivity contribution < 1.29 is 5.12 Å². The Morgan fingerprint density at radius 1 is 1.44 bits per heavy atom. The molecule has 0 aliphatic carbocycles. The average molecular weight is 306 g/mol. The van der Waals surface area contributed by atoms with Gasteiger partial charge in [0.1, 0.15) is 7.05 Å². The molecule has 0 saturated carbocycles. The standard InChI is InChI=1S/C10H17BrN4S/c1-12-14-15(2)13-9-5-4-6-10(16-3)8(9)7-11/h4-6,12-14H,7H2,1-3H3/p+1. The lowest BCUT2D eigenvalue weighted by atomic mass is 10.2. The summed E-state index contributed by atoms with van der Waals surface area (Å²) < 4.78 is 0. The summed E-state index contributed by atoms with van der Waals surface area (Å²) in [5, 5.41) is 1.82. The van der Waals surface area contributed by atoms with Gasteiger partial charge >= 0.3 is 0 Å². The molecule has 0 saturated heterocycles. The van der Waals surface area contributed by atoms with Crippen LogP contribution in [0.15, 0.2) is 23.1 Å². The number of quaternary nitrogens is 1. The summed E-state index contributed by atoms with van der Waals surface area (Å²) >= 11 is 5.29.